The average molecular weight is 276 g/mol. The maximum atomic E-state index is 9.58. The number of aliphatic hydroxyl groups is 1. The number of rotatable bonds is 5. The minimum Gasteiger partial charge on any atom is -0.393 e. The lowest BCUT2D eigenvalue weighted by molar-refractivity contribution is 0.0151. The number of hydrogen-bond acceptors (Lipinski definition) is 4. The molecule has 0 amide bonds. The number of nitrogens with zero attached hydrogens (tertiary/aromatic N) is 1. The first-order chi connectivity index (χ1) is 9.81. The summed E-state index contributed by atoms with van der Waals surface area (Å²) in [5, 5.41) is 13.4. The van der Waals surface area contributed by atoms with Crippen LogP contribution in [-0.2, 0) is 11.2 Å². The molecule has 110 valence electrons. The summed E-state index contributed by atoms with van der Waals surface area (Å²) in [6, 6.07) is 5.21. The van der Waals surface area contributed by atoms with E-state index >= 15 is 0 Å². The molecule has 0 spiro atoms. The number of pyridine rings is 1. The van der Waals surface area contributed by atoms with Crippen LogP contribution < -0.4 is 5.32 Å². The van der Waals surface area contributed by atoms with Gasteiger partial charge in [-0.3, -0.25) is 4.98 Å². The van der Waals surface area contributed by atoms with Crippen LogP contribution in [0.2, 0.25) is 0 Å². The van der Waals surface area contributed by atoms with E-state index in [-0.39, 0.29) is 6.10 Å². The van der Waals surface area contributed by atoms with Crippen molar-refractivity contribution in [2.45, 2.75) is 50.3 Å². The summed E-state index contributed by atoms with van der Waals surface area (Å²) in [6.45, 7) is 1.74. The third-order valence-corrected chi connectivity index (χ3v) is 4.59. The molecule has 4 heteroatoms. The second kappa shape index (κ2) is 6.66. The first-order valence-corrected chi connectivity index (χ1v) is 7.72. The molecule has 2 heterocycles. The average Bonchev–Trinajstić information content (AvgIpc) is 2.46. The van der Waals surface area contributed by atoms with Crippen LogP contribution >= 0.6 is 0 Å². The predicted octanol–water partition coefficient (Wildman–Crippen LogP) is 1.53. The van der Waals surface area contributed by atoms with E-state index in [4.69, 9.17) is 4.74 Å². The SMILES string of the molecule is OC1CC([C@@H](Cc2ccncc2)NC2CCOCC2)C1. The van der Waals surface area contributed by atoms with Gasteiger partial charge in [0.05, 0.1) is 6.10 Å². The van der Waals surface area contributed by atoms with Crippen molar-refractivity contribution in [2.75, 3.05) is 13.2 Å². The molecule has 0 bridgehead atoms. The van der Waals surface area contributed by atoms with Crippen LogP contribution in [0.3, 0.4) is 0 Å². The Morgan fingerprint density at radius 2 is 1.95 bits per heavy atom. The molecular weight excluding hydrogens is 252 g/mol. The normalized spacial score (nSPS) is 28.9. The highest BCUT2D eigenvalue weighted by atomic mass is 16.5. The van der Waals surface area contributed by atoms with Gasteiger partial charge in [0.25, 0.3) is 0 Å². The highest BCUT2D eigenvalue weighted by Crippen LogP contribution is 2.32. The lowest BCUT2D eigenvalue weighted by Gasteiger charge is -2.40. The quantitative estimate of drug-likeness (QED) is 0.856. The number of hydrogen-bond donors (Lipinski definition) is 2. The van der Waals surface area contributed by atoms with Crippen LogP contribution in [0, 0.1) is 5.92 Å². The smallest absolute Gasteiger partial charge is 0.0546 e. The third kappa shape index (κ3) is 3.57. The van der Waals surface area contributed by atoms with E-state index in [9.17, 15) is 5.11 Å². The standard InChI is InChI=1S/C16H24N2O2/c19-15-10-13(11-15)16(9-12-1-5-17-6-2-12)18-14-3-7-20-8-4-14/h1-2,5-6,13-16,18-19H,3-4,7-11H2/t13?,15?,16-/m1/s1. The van der Waals surface area contributed by atoms with Gasteiger partial charge in [0, 0.05) is 37.7 Å². The van der Waals surface area contributed by atoms with Crippen LogP contribution in [0.1, 0.15) is 31.2 Å². The molecule has 1 saturated carbocycles. The Labute approximate surface area is 120 Å². The summed E-state index contributed by atoms with van der Waals surface area (Å²) in [5.74, 6) is 0.598. The molecule has 3 rings (SSSR count). The van der Waals surface area contributed by atoms with Gasteiger partial charge in [-0.15, -0.1) is 0 Å². The Morgan fingerprint density at radius 1 is 1.25 bits per heavy atom. The van der Waals surface area contributed by atoms with Crippen molar-refractivity contribution in [3.8, 4) is 0 Å². The fourth-order valence-corrected chi connectivity index (χ4v) is 3.26. The summed E-state index contributed by atoms with van der Waals surface area (Å²) in [4.78, 5) is 4.08. The van der Waals surface area contributed by atoms with Gasteiger partial charge in [0.1, 0.15) is 0 Å². The van der Waals surface area contributed by atoms with Crippen LogP contribution in [0.4, 0.5) is 0 Å². The molecular formula is C16H24N2O2. The van der Waals surface area contributed by atoms with Crippen molar-refractivity contribution in [2.24, 2.45) is 5.92 Å². The molecule has 2 aliphatic rings. The first kappa shape index (κ1) is 14.0. The Bertz CT molecular complexity index is 400. The molecule has 0 radical (unpaired) electrons. The zero-order valence-electron chi connectivity index (χ0n) is 11.9. The van der Waals surface area contributed by atoms with E-state index in [2.05, 4.69) is 22.4 Å². The monoisotopic (exact) mass is 276 g/mol. The maximum absolute atomic E-state index is 9.58. The molecule has 20 heavy (non-hydrogen) atoms. The van der Waals surface area contributed by atoms with Crippen molar-refractivity contribution < 1.29 is 9.84 Å². The molecule has 1 atom stereocenters. The van der Waals surface area contributed by atoms with Gasteiger partial charge < -0.3 is 15.2 Å². The fourth-order valence-electron chi connectivity index (χ4n) is 3.26. The molecule has 1 aromatic rings. The Hall–Kier alpha value is -0.970. The predicted molar refractivity (Wildman–Crippen MR) is 77.4 cm³/mol. The van der Waals surface area contributed by atoms with Crippen LogP contribution in [0.25, 0.3) is 0 Å². The van der Waals surface area contributed by atoms with Crippen molar-refractivity contribution in [1.29, 1.82) is 0 Å². The Kier molecular flexibility index (Phi) is 4.65. The summed E-state index contributed by atoms with van der Waals surface area (Å²) >= 11 is 0. The van der Waals surface area contributed by atoms with Crippen LogP contribution in [-0.4, -0.2) is 41.5 Å². The van der Waals surface area contributed by atoms with Crippen molar-refractivity contribution in [3.05, 3.63) is 30.1 Å². The van der Waals surface area contributed by atoms with E-state index in [1.54, 1.807) is 0 Å². The number of nitrogens with one attached hydrogen (secondary N) is 1. The summed E-state index contributed by atoms with van der Waals surface area (Å²) in [7, 11) is 0. The van der Waals surface area contributed by atoms with Crippen molar-refractivity contribution in [3.63, 3.8) is 0 Å². The molecule has 1 aliphatic carbocycles. The Balaban J connectivity index is 1.61. The van der Waals surface area contributed by atoms with Crippen molar-refractivity contribution >= 4 is 0 Å². The molecule has 1 saturated heterocycles. The van der Waals surface area contributed by atoms with Gasteiger partial charge in [0.2, 0.25) is 0 Å². The lowest BCUT2D eigenvalue weighted by atomic mass is 9.75. The molecule has 1 aromatic heterocycles. The Morgan fingerprint density at radius 3 is 2.60 bits per heavy atom. The molecule has 2 N–H and O–H groups in total. The second-order valence-electron chi connectivity index (χ2n) is 6.10. The summed E-state index contributed by atoms with van der Waals surface area (Å²) in [6.07, 6.45) is 8.73. The zero-order chi connectivity index (χ0) is 13.8. The molecule has 1 aliphatic heterocycles. The lowest BCUT2D eigenvalue weighted by Crippen LogP contribution is -2.50. The highest BCUT2D eigenvalue weighted by molar-refractivity contribution is 5.12. The largest absolute Gasteiger partial charge is 0.393 e. The second-order valence-corrected chi connectivity index (χ2v) is 6.10. The number of aromatic nitrogens is 1. The summed E-state index contributed by atoms with van der Waals surface area (Å²) < 4.78 is 5.43. The van der Waals surface area contributed by atoms with Gasteiger partial charge in [-0.25, -0.2) is 0 Å². The molecule has 0 aromatic carbocycles. The molecule has 4 nitrogen and oxygen atoms in total. The van der Waals surface area contributed by atoms with E-state index < -0.39 is 0 Å². The van der Waals surface area contributed by atoms with Gasteiger partial charge in [-0.05, 0) is 55.7 Å². The zero-order valence-corrected chi connectivity index (χ0v) is 11.9. The van der Waals surface area contributed by atoms with Gasteiger partial charge in [0.15, 0.2) is 0 Å². The van der Waals surface area contributed by atoms with E-state index in [0.29, 0.717) is 18.0 Å². The summed E-state index contributed by atoms with van der Waals surface area (Å²) in [5.41, 5.74) is 1.32. The van der Waals surface area contributed by atoms with E-state index in [1.165, 1.54) is 5.56 Å². The van der Waals surface area contributed by atoms with E-state index in [0.717, 1.165) is 45.3 Å². The van der Waals surface area contributed by atoms with E-state index in [1.807, 2.05) is 12.4 Å². The van der Waals surface area contributed by atoms with Gasteiger partial charge in [-0.1, -0.05) is 0 Å². The minimum atomic E-state index is -0.0866. The maximum Gasteiger partial charge on any atom is 0.0546 e. The van der Waals surface area contributed by atoms with Crippen LogP contribution in [0.5, 0.6) is 0 Å². The van der Waals surface area contributed by atoms with Crippen molar-refractivity contribution in [1.82, 2.24) is 10.3 Å². The van der Waals surface area contributed by atoms with Crippen LogP contribution in [0.15, 0.2) is 24.5 Å². The van der Waals surface area contributed by atoms with Gasteiger partial charge in [-0.2, -0.15) is 0 Å². The molecule has 2 fully saturated rings. The first-order valence-electron chi connectivity index (χ1n) is 7.72. The molecule has 0 unspecified atom stereocenters. The fraction of sp³-hybridized carbons (Fsp3) is 0.688. The number of ether oxygens (including phenoxy) is 1. The third-order valence-electron chi connectivity index (χ3n) is 4.59. The van der Waals surface area contributed by atoms with Gasteiger partial charge >= 0.3 is 0 Å². The highest BCUT2D eigenvalue weighted by Gasteiger charge is 2.35. The number of aliphatic hydroxyl groups excluding tert-OH is 1. The topological polar surface area (TPSA) is 54.4 Å². The minimum absolute atomic E-state index is 0.0866.